The Kier molecular flexibility index (Phi) is 8.31. The monoisotopic (exact) mass is 481 g/mol. The summed E-state index contributed by atoms with van der Waals surface area (Å²) in [5, 5.41) is 2.87. The summed E-state index contributed by atoms with van der Waals surface area (Å²) in [5.74, 6) is -0.258. The van der Waals surface area contributed by atoms with Crippen LogP contribution in [0, 0.1) is 6.92 Å². The number of sulfonamides is 1. The van der Waals surface area contributed by atoms with Crippen molar-refractivity contribution in [2.24, 2.45) is 0 Å². The molecule has 0 heterocycles. The van der Waals surface area contributed by atoms with Crippen molar-refractivity contribution in [3.63, 3.8) is 0 Å². The van der Waals surface area contributed by atoms with Gasteiger partial charge in [0.1, 0.15) is 10.6 Å². The summed E-state index contributed by atoms with van der Waals surface area (Å²) in [6.07, 6.45) is 0. The number of anilines is 2. The van der Waals surface area contributed by atoms with Crippen LogP contribution in [-0.4, -0.2) is 39.4 Å². The molecular formula is C26H31N3O4S. The summed E-state index contributed by atoms with van der Waals surface area (Å²) >= 11 is 0. The molecule has 0 aromatic heterocycles. The number of ether oxygens (including phenoxy) is 1. The largest absolute Gasteiger partial charge is 0.495 e. The fraction of sp³-hybridized carbons (Fsp3) is 0.269. The van der Waals surface area contributed by atoms with Crippen LogP contribution < -0.4 is 14.8 Å². The SMILES string of the molecule is CCN(CC)Cc1cccc(NC(=O)c2ccc(OC)c(S(=O)(=O)Nc3ccc(C)cc3)c2)c1. The summed E-state index contributed by atoms with van der Waals surface area (Å²) in [7, 11) is -2.59. The fourth-order valence-electron chi connectivity index (χ4n) is 3.52. The van der Waals surface area contributed by atoms with Crippen LogP contribution in [0.2, 0.25) is 0 Å². The quantitative estimate of drug-likeness (QED) is 0.430. The molecule has 0 unspecified atom stereocenters. The number of rotatable bonds is 10. The first-order valence-corrected chi connectivity index (χ1v) is 12.6. The zero-order valence-electron chi connectivity index (χ0n) is 20.0. The van der Waals surface area contributed by atoms with Crippen molar-refractivity contribution >= 4 is 27.3 Å². The lowest BCUT2D eigenvalue weighted by Crippen LogP contribution is -2.22. The lowest BCUT2D eigenvalue weighted by Gasteiger charge is -2.18. The van der Waals surface area contributed by atoms with Crippen LogP contribution in [0.25, 0.3) is 0 Å². The van der Waals surface area contributed by atoms with Gasteiger partial charge in [-0.1, -0.05) is 43.7 Å². The van der Waals surface area contributed by atoms with Crippen LogP contribution in [0.15, 0.2) is 71.6 Å². The van der Waals surface area contributed by atoms with E-state index in [0.717, 1.165) is 30.8 Å². The van der Waals surface area contributed by atoms with Gasteiger partial charge in [-0.2, -0.15) is 0 Å². The standard InChI is InChI=1S/C26H31N3O4S/c1-5-29(6-2)18-20-8-7-9-23(16-20)27-26(30)21-12-15-24(33-4)25(17-21)34(31,32)28-22-13-10-19(3)11-14-22/h7-17,28H,5-6,18H2,1-4H3,(H,27,30). The summed E-state index contributed by atoms with van der Waals surface area (Å²) in [6, 6.07) is 19.0. The first-order valence-electron chi connectivity index (χ1n) is 11.2. The number of hydrogen-bond acceptors (Lipinski definition) is 5. The average molecular weight is 482 g/mol. The third-order valence-electron chi connectivity index (χ3n) is 5.50. The molecule has 180 valence electrons. The Hall–Kier alpha value is -3.36. The van der Waals surface area contributed by atoms with Gasteiger partial charge in [-0.15, -0.1) is 0 Å². The molecule has 0 radical (unpaired) electrons. The first kappa shape index (κ1) is 25.3. The number of hydrogen-bond donors (Lipinski definition) is 2. The van der Waals surface area contributed by atoms with Gasteiger partial charge in [0.2, 0.25) is 0 Å². The Morgan fingerprint density at radius 3 is 2.29 bits per heavy atom. The lowest BCUT2D eigenvalue weighted by molar-refractivity contribution is 0.102. The van der Waals surface area contributed by atoms with Crippen molar-refractivity contribution in [2.75, 3.05) is 30.2 Å². The van der Waals surface area contributed by atoms with E-state index in [9.17, 15) is 13.2 Å². The van der Waals surface area contributed by atoms with Gasteiger partial charge in [-0.05, 0) is 68.0 Å². The second-order valence-corrected chi connectivity index (χ2v) is 9.60. The van der Waals surface area contributed by atoms with Gasteiger partial charge in [-0.3, -0.25) is 14.4 Å². The molecule has 2 N–H and O–H groups in total. The maximum absolute atomic E-state index is 13.1. The van der Waals surface area contributed by atoms with Crippen molar-refractivity contribution in [1.29, 1.82) is 0 Å². The number of carbonyl (C=O) groups is 1. The Bertz CT molecular complexity index is 1240. The van der Waals surface area contributed by atoms with E-state index in [1.165, 1.54) is 19.2 Å². The molecular weight excluding hydrogens is 450 g/mol. The Morgan fingerprint density at radius 2 is 1.65 bits per heavy atom. The minimum atomic E-state index is -3.98. The van der Waals surface area contributed by atoms with Gasteiger partial charge in [-0.25, -0.2) is 8.42 Å². The van der Waals surface area contributed by atoms with Crippen molar-refractivity contribution in [3.05, 3.63) is 83.4 Å². The Balaban J connectivity index is 1.83. The predicted octanol–water partition coefficient (Wildman–Crippen LogP) is 4.90. The summed E-state index contributed by atoms with van der Waals surface area (Å²) in [5.41, 5.74) is 3.38. The molecule has 34 heavy (non-hydrogen) atoms. The van der Waals surface area contributed by atoms with Crippen molar-refractivity contribution < 1.29 is 17.9 Å². The zero-order valence-corrected chi connectivity index (χ0v) is 20.8. The Morgan fingerprint density at radius 1 is 0.941 bits per heavy atom. The Labute approximate surface area is 201 Å². The van der Waals surface area contributed by atoms with Gasteiger partial charge in [0.25, 0.3) is 15.9 Å². The minimum absolute atomic E-state index is 0.112. The average Bonchev–Trinajstić information content (AvgIpc) is 2.83. The predicted molar refractivity (Wildman–Crippen MR) is 136 cm³/mol. The molecule has 0 atom stereocenters. The molecule has 7 nitrogen and oxygen atoms in total. The number of carbonyl (C=O) groups excluding carboxylic acids is 1. The molecule has 1 amide bonds. The second kappa shape index (κ2) is 11.2. The molecule has 0 bridgehead atoms. The third kappa shape index (κ3) is 6.36. The molecule has 0 aliphatic carbocycles. The third-order valence-corrected chi connectivity index (χ3v) is 6.91. The van der Waals surface area contributed by atoms with E-state index in [0.29, 0.717) is 11.4 Å². The number of benzene rings is 3. The van der Waals surface area contributed by atoms with E-state index < -0.39 is 15.9 Å². The number of nitrogens with one attached hydrogen (secondary N) is 2. The van der Waals surface area contributed by atoms with E-state index in [2.05, 4.69) is 28.8 Å². The molecule has 3 rings (SSSR count). The van der Waals surface area contributed by atoms with Crippen molar-refractivity contribution in [2.45, 2.75) is 32.2 Å². The van der Waals surface area contributed by atoms with E-state index in [-0.39, 0.29) is 16.2 Å². The summed E-state index contributed by atoms with van der Waals surface area (Å²) < 4.78 is 34.0. The first-order chi connectivity index (χ1) is 16.2. The molecule has 0 saturated heterocycles. The molecule has 0 spiro atoms. The molecule has 0 saturated carbocycles. The van der Waals surface area contributed by atoms with Crippen LogP contribution in [0.3, 0.4) is 0 Å². The van der Waals surface area contributed by atoms with Crippen LogP contribution in [0.5, 0.6) is 5.75 Å². The van der Waals surface area contributed by atoms with Crippen LogP contribution in [-0.2, 0) is 16.6 Å². The summed E-state index contributed by atoms with van der Waals surface area (Å²) in [4.78, 5) is 15.1. The summed E-state index contributed by atoms with van der Waals surface area (Å²) in [6.45, 7) is 8.80. The highest BCUT2D eigenvalue weighted by molar-refractivity contribution is 7.92. The van der Waals surface area contributed by atoms with Crippen LogP contribution in [0.4, 0.5) is 11.4 Å². The molecule has 3 aromatic rings. The normalized spacial score (nSPS) is 11.3. The lowest BCUT2D eigenvalue weighted by atomic mass is 10.1. The fourth-order valence-corrected chi connectivity index (χ4v) is 4.77. The molecule has 3 aromatic carbocycles. The molecule has 0 aliphatic rings. The highest BCUT2D eigenvalue weighted by Crippen LogP contribution is 2.27. The second-order valence-electron chi connectivity index (χ2n) is 7.95. The highest BCUT2D eigenvalue weighted by atomic mass is 32.2. The smallest absolute Gasteiger partial charge is 0.265 e. The number of methoxy groups -OCH3 is 1. The number of aryl methyl sites for hydroxylation is 1. The van der Waals surface area contributed by atoms with Gasteiger partial charge in [0.15, 0.2) is 0 Å². The van der Waals surface area contributed by atoms with E-state index in [1.807, 2.05) is 43.3 Å². The zero-order chi connectivity index (χ0) is 24.7. The van der Waals surface area contributed by atoms with Crippen LogP contribution >= 0.6 is 0 Å². The number of amides is 1. The van der Waals surface area contributed by atoms with Crippen LogP contribution in [0.1, 0.15) is 35.3 Å². The minimum Gasteiger partial charge on any atom is -0.495 e. The highest BCUT2D eigenvalue weighted by Gasteiger charge is 2.22. The van der Waals surface area contributed by atoms with E-state index >= 15 is 0 Å². The molecule has 8 heteroatoms. The van der Waals surface area contributed by atoms with Gasteiger partial charge >= 0.3 is 0 Å². The molecule has 0 fully saturated rings. The number of nitrogens with zero attached hydrogens (tertiary/aromatic N) is 1. The van der Waals surface area contributed by atoms with E-state index in [1.54, 1.807) is 18.2 Å². The maximum Gasteiger partial charge on any atom is 0.265 e. The molecule has 0 aliphatic heterocycles. The van der Waals surface area contributed by atoms with Gasteiger partial charge in [0.05, 0.1) is 7.11 Å². The van der Waals surface area contributed by atoms with E-state index in [4.69, 9.17) is 4.74 Å². The topological polar surface area (TPSA) is 87.7 Å². The maximum atomic E-state index is 13.1. The van der Waals surface area contributed by atoms with Crippen molar-refractivity contribution in [1.82, 2.24) is 4.90 Å². The van der Waals surface area contributed by atoms with Crippen molar-refractivity contribution in [3.8, 4) is 5.75 Å². The van der Waals surface area contributed by atoms with Gasteiger partial charge < -0.3 is 10.1 Å². The van der Waals surface area contributed by atoms with Gasteiger partial charge in [0, 0.05) is 23.5 Å².